The van der Waals surface area contributed by atoms with E-state index in [0.717, 1.165) is 12.1 Å². The molecule has 3 rings (SSSR count). The van der Waals surface area contributed by atoms with Crippen molar-refractivity contribution in [3.8, 4) is 11.5 Å². The van der Waals surface area contributed by atoms with Crippen LogP contribution in [0.3, 0.4) is 0 Å². The molecule has 6 nitrogen and oxygen atoms in total. The zero-order valence-electron chi connectivity index (χ0n) is 15.0. The van der Waals surface area contributed by atoms with Crippen LogP contribution < -0.4 is 20.7 Å². The minimum absolute atomic E-state index is 0.0451. The first-order valence-electron chi connectivity index (χ1n) is 8.21. The fourth-order valence-electron chi connectivity index (χ4n) is 2.89. The van der Waals surface area contributed by atoms with E-state index in [4.69, 9.17) is 17.0 Å². The first kappa shape index (κ1) is 19.6. The minimum atomic E-state index is -1.07. The fraction of sp³-hybridized carbons (Fsp3) is 0.158. The molecule has 1 amide bonds. The lowest BCUT2D eigenvalue weighted by molar-refractivity contribution is -0.113. The molecule has 0 spiro atoms. The van der Waals surface area contributed by atoms with E-state index in [2.05, 4.69) is 16.0 Å². The van der Waals surface area contributed by atoms with Gasteiger partial charge >= 0.3 is 0 Å². The van der Waals surface area contributed by atoms with E-state index in [1.54, 1.807) is 19.1 Å². The number of amides is 1. The molecule has 0 radical (unpaired) electrons. The number of phenols is 1. The number of ether oxygens (including phenoxy) is 1. The maximum absolute atomic E-state index is 13.4. The number of aromatic hydroxyl groups is 1. The maximum atomic E-state index is 13.4. The van der Waals surface area contributed by atoms with Gasteiger partial charge in [-0.1, -0.05) is 6.07 Å². The largest absolute Gasteiger partial charge is 0.504 e. The Morgan fingerprint density at radius 2 is 1.96 bits per heavy atom. The molecule has 1 heterocycles. The summed E-state index contributed by atoms with van der Waals surface area (Å²) in [5, 5.41) is 18.6. The topological polar surface area (TPSA) is 82.6 Å². The zero-order valence-corrected chi connectivity index (χ0v) is 15.8. The third-order valence-corrected chi connectivity index (χ3v) is 4.45. The highest BCUT2D eigenvalue weighted by atomic mass is 32.1. The number of carbonyl (C=O) groups is 1. The molecule has 0 aromatic heterocycles. The normalized spacial score (nSPS) is 16.3. The molecule has 0 saturated heterocycles. The van der Waals surface area contributed by atoms with E-state index in [1.165, 1.54) is 19.2 Å². The van der Waals surface area contributed by atoms with Crippen LogP contribution in [0.1, 0.15) is 18.5 Å². The van der Waals surface area contributed by atoms with Gasteiger partial charge in [-0.15, -0.1) is 0 Å². The van der Waals surface area contributed by atoms with Gasteiger partial charge in [-0.3, -0.25) is 4.79 Å². The van der Waals surface area contributed by atoms with E-state index in [9.17, 15) is 18.7 Å². The number of phenolic OH excluding ortho intramolecular Hbond substituents is 1. The lowest BCUT2D eigenvalue weighted by Crippen LogP contribution is -2.45. The number of benzene rings is 2. The van der Waals surface area contributed by atoms with Gasteiger partial charge in [-0.25, -0.2) is 8.78 Å². The highest BCUT2D eigenvalue weighted by Crippen LogP contribution is 2.33. The summed E-state index contributed by atoms with van der Waals surface area (Å²) in [6.07, 6.45) is 0. The van der Waals surface area contributed by atoms with Gasteiger partial charge in [-0.2, -0.15) is 0 Å². The molecule has 0 fully saturated rings. The second kappa shape index (κ2) is 7.81. The molecule has 28 heavy (non-hydrogen) atoms. The zero-order chi connectivity index (χ0) is 20.4. The van der Waals surface area contributed by atoms with Gasteiger partial charge < -0.3 is 25.8 Å². The molecular formula is C19H17F2N3O3S. The molecule has 146 valence electrons. The molecule has 2 aromatic rings. The van der Waals surface area contributed by atoms with Crippen LogP contribution in [-0.2, 0) is 4.79 Å². The SMILES string of the molecule is COc1cc([C@@H]2NC(=S)NC(C)=C2C(=O)Nc2ccc(F)c(F)c2)ccc1O. The number of thiocarbonyl (C=S) groups is 1. The molecule has 0 unspecified atom stereocenters. The number of hydrogen-bond acceptors (Lipinski definition) is 4. The van der Waals surface area contributed by atoms with Crippen molar-refractivity contribution in [2.75, 3.05) is 12.4 Å². The standard InChI is InChI=1S/C19H17F2N3O3S/c1-9-16(18(26)23-11-4-5-12(20)13(21)8-11)17(24-19(28)22-9)10-3-6-14(25)15(7-10)27-2/h3-8,17,25H,1-2H3,(H,23,26)(H2,22,24,28)/t17-/m0/s1. The average Bonchev–Trinajstić information content (AvgIpc) is 2.64. The van der Waals surface area contributed by atoms with Crippen molar-refractivity contribution in [2.45, 2.75) is 13.0 Å². The number of nitrogens with one attached hydrogen (secondary N) is 3. The molecule has 1 aliphatic rings. The van der Waals surface area contributed by atoms with Gasteiger partial charge in [-0.05, 0) is 49.0 Å². The van der Waals surface area contributed by atoms with Crippen LogP contribution in [0.25, 0.3) is 0 Å². The van der Waals surface area contributed by atoms with Crippen LogP contribution in [0.5, 0.6) is 11.5 Å². The fourth-order valence-corrected chi connectivity index (χ4v) is 3.16. The van der Waals surface area contributed by atoms with Crippen molar-refractivity contribution in [1.29, 1.82) is 0 Å². The van der Waals surface area contributed by atoms with Crippen LogP contribution in [-0.4, -0.2) is 23.2 Å². The highest BCUT2D eigenvalue weighted by molar-refractivity contribution is 7.80. The van der Waals surface area contributed by atoms with Gasteiger partial charge in [0.05, 0.1) is 18.7 Å². The van der Waals surface area contributed by atoms with Crippen molar-refractivity contribution in [1.82, 2.24) is 10.6 Å². The second-order valence-corrected chi connectivity index (χ2v) is 6.49. The summed E-state index contributed by atoms with van der Waals surface area (Å²) < 4.78 is 31.7. The maximum Gasteiger partial charge on any atom is 0.255 e. The molecule has 0 bridgehead atoms. The first-order valence-corrected chi connectivity index (χ1v) is 8.62. The number of carbonyl (C=O) groups excluding carboxylic acids is 1. The van der Waals surface area contributed by atoms with Crippen molar-refractivity contribution in [2.24, 2.45) is 0 Å². The van der Waals surface area contributed by atoms with Gasteiger partial charge in [0.15, 0.2) is 28.2 Å². The average molecular weight is 405 g/mol. The quantitative estimate of drug-likeness (QED) is 0.585. The lowest BCUT2D eigenvalue weighted by atomic mass is 9.94. The van der Waals surface area contributed by atoms with E-state index in [-0.39, 0.29) is 17.2 Å². The van der Waals surface area contributed by atoms with Crippen LogP contribution in [0.15, 0.2) is 47.7 Å². The van der Waals surface area contributed by atoms with E-state index >= 15 is 0 Å². The number of anilines is 1. The second-order valence-electron chi connectivity index (χ2n) is 6.08. The van der Waals surface area contributed by atoms with Gasteiger partial charge in [0.25, 0.3) is 5.91 Å². The van der Waals surface area contributed by atoms with Crippen LogP contribution in [0.4, 0.5) is 14.5 Å². The number of halogens is 2. The highest BCUT2D eigenvalue weighted by Gasteiger charge is 2.30. The molecule has 1 atom stereocenters. The minimum Gasteiger partial charge on any atom is -0.504 e. The Balaban J connectivity index is 1.97. The summed E-state index contributed by atoms with van der Waals surface area (Å²) in [6.45, 7) is 1.68. The first-order chi connectivity index (χ1) is 13.3. The molecular weight excluding hydrogens is 388 g/mol. The molecule has 1 aliphatic heterocycles. The van der Waals surface area contributed by atoms with Crippen molar-refractivity contribution >= 4 is 28.9 Å². The monoisotopic (exact) mass is 405 g/mol. The number of allylic oxidation sites excluding steroid dienone is 1. The third kappa shape index (κ3) is 3.89. The van der Waals surface area contributed by atoms with Gasteiger partial charge in [0.1, 0.15) is 0 Å². The summed E-state index contributed by atoms with van der Waals surface area (Å²) in [5.41, 5.74) is 1.53. The molecule has 2 aromatic carbocycles. The summed E-state index contributed by atoms with van der Waals surface area (Å²) in [4.78, 5) is 12.9. The molecule has 0 aliphatic carbocycles. The number of rotatable bonds is 4. The molecule has 9 heteroatoms. The smallest absolute Gasteiger partial charge is 0.255 e. The Kier molecular flexibility index (Phi) is 5.46. The summed E-state index contributed by atoms with van der Waals surface area (Å²) >= 11 is 5.19. The van der Waals surface area contributed by atoms with Crippen molar-refractivity contribution in [3.63, 3.8) is 0 Å². The Labute approximate surface area is 165 Å². The van der Waals surface area contributed by atoms with E-state index in [1.807, 2.05) is 0 Å². The van der Waals surface area contributed by atoms with Gasteiger partial charge in [0, 0.05) is 17.5 Å². The van der Waals surface area contributed by atoms with E-state index in [0.29, 0.717) is 21.9 Å². The third-order valence-electron chi connectivity index (χ3n) is 4.23. The van der Waals surface area contributed by atoms with Crippen LogP contribution in [0.2, 0.25) is 0 Å². The summed E-state index contributed by atoms with van der Waals surface area (Å²) in [7, 11) is 1.41. The van der Waals surface area contributed by atoms with Gasteiger partial charge in [0.2, 0.25) is 0 Å². The number of hydrogen-bond donors (Lipinski definition) is 4. The Bertz CT molecular complexity index is 994. The van der Waals surface area contributed by atoms with E-state index < -0.39 is 23.6 Å². The molecule has 4 N–H and O–H groups in total. The predicted molar refractivity (Wildman–Crippen MR) is 104 cm³/mol. The van der Waals surface area contributed by atoms with Crippen LogP contribution >= 0.6 is 12.2 Å². The molecule has 0 saturated carbocycles. The predicted octanol–water partition coefficient (Wildman–Crippen LogP) is 3.11. The van der Waals surface area contributed by atoms with Crippen LogP contribution in [0, 0.1) is 11.6 Å². The van der Waals surface area contributed by atoms with Crippen molar-refractivity contribution < 1.29 is 23.4 Å². The van der Waals surface area contributed by atoms with Crippen molar-refractivity contribution in [3.05, 3.63) is 64.9 Å². The Hall–Kier alpha value is -3.20. The number of methoxy groups -OCH3 is 1. The summed E-state index contributed by atoms with van der Waals surface area (Å²) in [6, 6.07) is 7.10. The Morgan fingerprint density at radius 1 is 1.21 bits per heavy atom. The summed E-state index contributed by atoms with van der Waals surface area (Å²) in [5.74, 6) is -2.40. The lowest BCUT2D eigenvalue weighted by Gasteiger charge is -2.30. The Morgan fingerprint density at radius 3 is 2.64 bits per heavy atom.